The molecule has 0 saturated carbocycles. The summed E-state index contributed by atoms with van der Waals surface area (Å²) in [6.45, 7) is 10.6. The molecule has 1 rings (SSSR count). The summed E-state index contributed by atoms with van der Waals surface area (Å²) in [6, 6.07) is 0. The van der Waals surface area contributed by atoms with Gasteiger partial charge in [-0.3, -0.25) is 0 Å². The molecule has 8 heteroatoms. The Balaban J connectivity index is -0.0000000995. The zero-order valence-electron chi connectivity index (χ0n) is 18.7. The average Bonchev–Trinajstić information content (AvgIpc) is 2.77. The molecule has 0 spiro atoms. The fourth-order valence-corrected chi connectivity index (χ4v) is 1.50. The van der Waals surface area contributed by atoms with Gasteiger partial charge in [0.25, 0.3) is 0 Å². The highest BCUT2D eigenvalue weighted by Crippen LogP contribution is 2.20. The standard InChI is InChI=1S/C8H10O4.C8H14.C2H4.2CO2.H2/c1-11-7(9)5-3-4-6-8(10)12-2;1-7-3-5-8(2)6-4-7;1-2;2*2-1-3;/h3-6H,1-2H3;3,5,7-8H,4,6H2,1-2H3;1-2H2;;;1H/b5-3+,6-4+;;;;;/i;;;;;1+2D. The summed E-state index contributed by atoms with van der Waals surface area (Å²) in [5, 5.41) is 0. The molecule has 0 radical (unpaired) electrons. The number of hydrogen-bond donors (Lipinski definition) is 0. The van der Waals surface area contributed by atoms with E-state index in [2.05, 4.69) is 48.6 Å². The van der Waals surface area contributed by atoms with Crippen LogP contribution in [0.5, 0.6) is 0 Å². The smallest absolute Gasteiger partial charge is 0.373 e. The number of methoxy groups -OCH3 is 2. The zero-order chi connectivity index (χ0) is 24.8. The molecule has 0 heterocycles. The second-order valence-electron chi connectivity index (χ2n) is 4.85. The van der Waals surface area contributed by atoms with Crippen LogP contribution in [-0.4, -0.2) is 38.5 Å². The summed E-state index contributed by atoms with van der Waals surface area (Å²) < 4.78 is 18.6. The van der Waals surface area contributed by atoms with Crippen molar-refractivity contribution in [3.8, 4) is 0 Å². The van der Waals surface area contributed by atoms with Gasteiger partial charge >= 0.3 is 24.2 Å². The SMILES string of the molecule is C=C.CC1C=CC(C)CC1.COC(=O)/C=C/C=C/C(=O)OC.O=C=O.O=C=O.[2H][3H]. The van der Waals surface area contributed by atoms with E-state index in [1.54, 1.807) is 0 Å². The highest BCUT2D eigenvalue weighted by Gasteiger charge is 2.06. The van der Waals surface area contributed by atoms with Crippen molar-refractivity contribution in [3.63, 3.8) is 0 Å². The van der Waals surface area contributed by atoms with Crippen molar-refractivity contribution in [2.45, 2.75) is 26.7 Å². The minimum absolute atomic E-state index is 0.250. The second-order valence-corrected chi connectivity index (χ2v) is 4.85. The Morgan fingerprint density at radius 2 is 1.18 bits per heavy atom. The quantitative estimate of drug-likeness (QED) is 0.306. The molecule has 0 bridgehead atoms. The van der Waals surface area contributed by atoms with Crippen molar-refractivity contribution in [2.24, 2.45) is 11.8 Å². The van der Waals surface area contributed by atoms with E-state index in [0.717, 1.165) is 11.8 Å². The molecule has 0 amide bonds. The van der Waals surface area contributed by atoms with E-state index < -0.39 is 11.9 Å². The van der Waals surface area contributed by atoms with E-state index in [0.29, 0.717) is 0 Å². The lowest BCUT2D eigenvalue weighted by atomic mass is 9.91. The van der Waals surface area contributed by atoms with Gasteiger partial charge in [0.1, 0.15) is 0 Å². The van der Waals surface area contributed by atoms with Crippen LogP contribution in [0.4, 0.5) is 0 Å². The molecule has 0 aromatic carbocycles. The van der Waals surface area contributed by atoms with Gasteiger partial charge in [-0.1, -0.05) is 38.2 Å². The normalized spacial score (nSPS) is 16.3. The highest BCUT2D eigenvalue weighted by molar-refractivity contribution is 5.84. The lowest BCUT2D eigenvalue weighted by Crippen LogP contribution is -2.01. The first-order valence-corrected chi connectivity index (χ1v) is 8.00. The summed E-state index contributed by atoms with van der Waals surface area (Å²) >= 11 is 0. The predicted molar refractivity (Wildman–Crippen MR) is 102 cm³/mol. The molecule has 28 heavy (non-hydrogen) atoms. The number of esters is 2. The summed E-state index contributed by atoms with van der Waals surface area (Å²) in [7, 11) is 2.55. The van der Waals surface area contributed by atoms with E-state index in [9.17, 15) is 9.59 Å². The topological polar surface area (TPSA) is 121 Å². The maximum absolute atomic E-state index is 10.5. The van der Waals surface area contributed by atoms with Crippen LogP contribution in [0.15, 0.2) is 49.6 Å². The molecule has 0 fully saturated rings. The summed E-state index contributed by atoms with van der Waals surface area (Å²) in [4.78, 5) is 53.4. The molecule has 1 aliphatic carbocycles. The van der Waals surface area contributed by atoms with Gasteiger partial charge in [0.05, 0.1) is 14.2 Å². The van der Waals surface area contributed by atoms with Gasteiger partial charge < -0.3 is 9.47 Å². The van der Waals surface area contributed by atoms with Crippen LogP contribution in [0.25, 0.3) is 0 Å². The van der Waals surface area contributed by atoms with Gasteiger partial charge in [0.2, 0.25) is 0 Å². The molecule has 0 aromatic rings. The molecule has 1 aliphatic rings. The van der Waals surface area contributed by atoms with E-state index >= 15 is 0 Å². The lowest BCUT2D eigenvalue weighted by molar-refractivity contribution is -0.193. The van der Waals surface area contributed by atoms with Crippen LogP contribution >= 0.6 is 0 Å². The van der Waals surface area contributed by atoms with Crippen molar-refractivity contribution in [2.75, 3.05) is 14.2 Å². The first-order chi connectivity index (χ1) is 14.3. The molecule has 8 nitrogen and oxygen atoms in total. The fourth-order valence-electron chi connectivity index (χ4n) is 1.50. The van der Waals surface area contributed by atoms with Crippen molar-refractivity contribution >= 4 is 24.2 Å². The van der Waals surface area contributed by atoms with E-state index in [-0.39, 0.29) is 12.3 Å². The van der Waals surface area contributed by atoms with Crippen LogP contribution in [-0.2, 0) is 38.2 Å². The minimum Gasteiger partial charge on any atom is -0.466 e. The van der Waals surface area contributed by atoms with Gasteiger partial charge in [-0.05, 0) is 24.7 Å². The average molecular weight is 401 g/mol. The van der Waals surface area contributed by atoms with Crippen LogP contribution in [0.1, 0.15) is 29.7 Å². The maximum atomic E-state index is 10.5. The molecular weight excluding hydrogens is 368 g/mol. The third-order valence-corrected chi connectivity index (χ3v) is 2.82. The zero-order valence-corrected chi connectivity index (χ0v) is 16.7. The van der Waals surface area contributed by atoms with Gasteiger partial charge in [0.15, 0.2) is 0 Å². The van der Waals surface area contributed by atoms with Gasteiger partial charge in [0, 0.05) is 15.1 Å². The lowest BCUT2D eigenvalue weighted by Gasteiger charge is -2.15. The Kier molecular flexibility index (Phi) is 29.9. The first-order valence-electron chi connectivity index (χ1n) is 9.00. The number of carbonyl (C=O) groups excluding carboxylic acids is 6. The van der Waals surface area contributed by atoms with E-state index in [4.69, 9.17) is 22.1 Å². The minimum atomic E-state index is -0.468. The van der Waals surface area contributed by atoms with Crippen LogP contribution < -0.4 is 0 Å². The summed E-state index contributed by atoms with van der Waals surface area (Å²) in [6.07, 6.45) is 13.1. The summed E-state index contributed by atoms with van der Waals surface area (Å²) in [5.41, 5.74) is 0. The largest absolute Gasteiger partial charge is 0.466 e. The van der Waals surface area contributed by atoms with Crippen LogP contribution in [0.3, 0.4) is 0 Å². The second kappa shape index (κ2) is 28.5. The van der Waals surface area contributed by atoms with Gasteiger partial charge in [-0.25, -0.2) is 9.59 Å². The van der Waals surface area contributed by atoms with Crippen molar-refractivity contribution in [1.82, 2.24) is 0 Å². The Morgan fingerprint density at radius 3 is 1.36 bits per heavy atom. The molecular formula is C20H30O8. The first kappa shape index (κ1) is 29.4. The number of rotatable bonds is 3. The Labute approximate surface area is 168 Å². The maximum Gasteiger partial charge on any atom is 0.373 e. The van der Waals surface area contributed by atoms with E-state index in [1.807, 2.05) is 0 Å². The molecule has 2 unspecified atom stereocenters. The molecule has 0 aromatic heterocycles. The highest BCUT2D eigenvalue weighted by atomic mass is 16.5. The molecule has 2 atom stereocenters. The van der Waals surface area contributed by atoms with Gasteiger partial charge in [-0.15, -0.1) is 13.2 Å². The Morgan fingerprint density at radius 1 is 0.929 bits per heavy atom. The van der Waals surface area contributed by atoms with Crippen molar-refractivity contribution in [1.29, 1.82) is 0 Å². The molecule has 0 saturated heterocycles. The van der Waals surface area contributed by atoms with Crippen LogP contribution in [0.2, 0.25) is 0 Å². The molecule has 158 valence electrons. The van der Waals surface area contributed by atoms with E-state index in [1.165, 1.54) is 51.4 Å². The van der Waals surface area contributed by atoms with Crippen molar-refractivity contribution < 1.29 is 41.2 Å². The summed E-state index contributed by atoms with van der Waals surface area (Å²) in [5.74, 6) is 0.742. The van der Waals surface area contributed by atoms with Crippen molar-refractivity contribution in [3.05, 3.63) is 49.6 Å². The number of hydrogen-bond acceptors (Lipinski definition) is 8. The predicted octanol–water partition coefficient (Wildman–Crippen LogP) is 2.93. The third-order valence-electron chi connectivity index (χ3n) is 2.82. The number of carbonyl (C=O) groups is 2. The number of ether oxygens (including phenoxy) is 2. The Hall–Kier alpha value is -3.34. The fraction of sp³-hybridized carbons (Fsp3) is 0.400. The Bertz CT molecular complexity index is 511. The molecule has 0 N–H and O–H groups in total. The van der Waals surface area contributed by atoms with Crippen LogP contribution in [0, 0.1) is 11.8 Å². The molecule has 0 aliphatic heterocycles. The monoisotopic (exact) mass is 401 g/mol. The van der Waals surface area contributed by atoms with Gasteiger partial charge in [-0.2, -0.15) is 19.2 Å². The number of allylic oxidation sites excluding steroid dienone is 4. The third kappa shape index (κ3) is 34.1.